The summed E-state index contributed by atoms with van der Waals surface area (Å²) in [5, 5.41) is 41.8. The Morgan fingerprint density at radius 2 is 1.17 bits per heavy atom. The number of carboxylic acids is 2. The van der Waals surface area contributed by atoms with Gasteiger partial charge in [0.1, 0.15) is 0 Å². The molecule has 4 atom stereocenters. The molecule has 3 aromatic rings. The third kappa shape index (κ3) is 10.4. The van der Waals surface area contributed by atoms with Gasteiger partial charge in [-0.25, -0.2) is 9.59 Å². The first kappa shape index (κ1) is 31.9. The predicted octanol–water partition coefficient (Wildman–Crippen LogP) is 3.45. The topological polar surface area (TPSA) is 131 Å². The van der Waals surface area contributed by atoms with Crippen LogP contribution in [0.25, 0.3) is 0 Å². The van der Waals surface area contributed by atoms with Crippen LogP contribution < -0.4 is 0 Å². The van der Waals surface area contributed by atoms with Gasteiger partial charge in [-0.15, -0.1) is 0 Å². The van der Waals surface area contributed by atoms with Gasteiger partial charge >= 0.3 is 11.9 Å². The highest BCUT2D eigenvalue weighted by Crippen LogP contribution is 2.21. The molecule has 4 N–H and O–H groups in total. The summed E-state index contributed by atoms with van der Waals surface area (Å²) in [5.41, 5.74) is 3.16. The number of benzene rings is 3. The number of aliphatic carboxylic acids is 2. The maximum atomic E-state index is 11.8. The van der Waals surface area contributed by atoms with Crippen molar-refractivity contribution in [3.63, 3.8) is 0 Å². The third-order valence-corrected chi connectivity index (χ3v) is 6.66. The van der Waals surface area contributed by atoms with Crippen molar-refractivity contribution in [3.8, 4) is 0 Å². The third-order valence-electron chi connectivity index (χ3n) is 6.66. The number of aliphatic hydroxyl groups is 2. The van der Waals surface area contributed by atoms with E-state index in [0.29, 0.717) is 19.5 Å². The van der Waals surface area contributed by atoms with E-state index in [9.17, 15) is 30.0 Å². The van der Waals surface area contributed by atoms with Gasteiger partial charge in [0.25, 0.3) is 0 Å². The quantitative estimate of drug-likeness (QED) is 0.182. The second-order valence-corrected chi connectivity index (χ2v) is 10.6. The first-order valence-corrected chi connectivity index (χ1v) is 13.7. The lowest BCUT2D eigenvalue weighted by molar-refractivity contribution is -0.242. The summed E-state index contributed by atoms with van der Waals surface area (Å²) in [4.78, 5) is 30.9. The van der Waals surface area contributed by atoms with Gasteiger partial charge in [0, 0.05) is 25.7 Å². The Morgan fingerprint density at radius 1 is 0.707 bits per heavy atom. The van der Waals surface area contributed by atoms with Crippen LogP contribution in [-0.4, -0.2) is 79.8 Å². The molecule has 0 aliphatic heterocycles. The van der Waals surface area contributed by atoms with Gasteiger partial charge in [-0.2, -0.15) is 5.06 Å². The number of hydroxylamine groups is 2. The van der Waals surface area contributed by atoms with Crippen molar-refractivity contribution in [1.82, 2.24) is 9.96 Å². The van der Waals surface area contributed by atoms with E-state index in [1.165, 1.54) is 5.06 Å². The van der Waals surface area contributed by atoms with Gasteiger partial charge in [-0.05, 0) is 29.0 Å². The minimum Gasteiger partial charge on any atom is -0.479 e. The molecule has 220 valence electrons. The van der Waals surface area contributed by atoms with E-state index in [1.54, 1.807) is 0 Å². The molecule has 0 radical (unpaired) electrons. The van der Waals surface area contributed by atoms with E-state index in [0.717, 1.165) is 16.7 Å². The zero-order valence-electron chi connectivity index (χ0n) is 23.5. The molecule has 41 heavy (non-hydrogen) atoms. The van der Waals surface area contributed by atoms with E-state index in [-0.39, 0.29) is 19.0 Å². The Kier molecular flexibility index (Phi) is 12.5. The maximum Gasteiger partial charge on any atom is 0.338 e. The zero-order valence-corrected chi connectivity index (χ0v) is 23.5. The minimum absolute atomic E-state index is 0.00377. The molecule has 0 saturated heterocycles. The molecule has 3 unspecified atom stereocenters. The average Bonchev–Trinajstić information content (AvgIpc) is 2.95. The predicted molar refractivity (Wildman–Crippen MR) is 155 cm³/mol. The van der Waals surface area contributed by atoms with Crippen LogP contribution >= 0.6 is 0 Å². The van der Waals surface area contributed by atoms with Crippen molar-refractivity contribution in [2.45, 2.75) is 57.7 Å². The summed E-state index contributed by atoms with van der Waals surface area (Å²) in [7, 11) is 0. The number of carboxylic acid groups (broad SMARTS) is 2. The molecule has 0 aromatic heterocycles. The maximum absolute atomic E-state index is 11.8. The number of hydrogen-bond acceptors (Lipinski definition) is 7. The summed E-state index contributed by atoms with van der Waals surface area (Å²) in [5.74, 6) is -3.32. The summed E-state index contributed by atoms with van der Waals surface area (Å²) >= 11 is 0. The standard InChI is InChI=1S/C32H40N2O7/c1-23(2)19-34(41-30(32(39)40)29(36)31(37)38)22-28(35)27(18-24-12-6-3-7-13-24)33(20-25-14-8-4-9-15-25)21-26-16-10-5-11-17-26/h3-17,23,27-30,35-36H,18-22H2,1-2H3,(H,37,38)(H,39,40)/t27-,28?,29?,30?/m1/s1. The molecular formula is C32H40N2O7. The highest BCUT2D eigenvalue weighted by Gasteiger charge is 2.37. The monoisotopic (exact) mass is 564 g/mol. The van der Waals surface area contributed by atoms with E-state index in [4.69, 9.17) is 4.84 Å². The molecule has 0 aliphatic rings. The second-order valence-electron chi connectivity index (χ2n) is 10.6. The van der Waals surface area contributed by atoms with E-state index in [1.807, 2.05) is 105 Å². The Morgan fingerprint density at radius 3 is 1.59 bits per heavy atom. The lowest BCUT2D eigenvalue weighted by Gasteiger charge is -2.38. The Balaban J connectivity index is 1.95. The molecule has 0 amide bonds. The molecule has 3 rings (SSSR count). The molecule has 0 bridgehead atoms. The van der Waals surface area contributed by atoms with Crippen LogP contribution in [0.2, 0.25) is 0 Å². The molecular weight excluding hydrogens is 524 g/mol. The van der Waals surface area contributed by atoms with Crippen molar-refractivity contribution in [1.29, 1.82) is 0 Å². The summed E-state index contributed by atoms with van der Waals surface area (Å²) < 4.78 is 0. The van der Waals surface area contributed by atoms with E-state index >= 15 is 0 Å². The molecule has 9 heteroatoms. The van der Waals surface area contributed by atoms with Gasteiger partial charge in [0.05, 0.1) is 12.6 Å². The van der Waals surface area contributed by atoms with Crippen molar-refractivity contribution < 1.29 is 34.9 Å². The van der Waals surface area contributed by atoms with Crippen LogP contribution in [0.15, 0.2) is 91.0 Å². The lowest BCUT2D eigenvalue weighted by Crippen LogP contribution is -2.52. The number of nitrogens with zero attached hydrogens (tertiary/aromatic N) is 2. The fraction of sp³-hybridized carbons (Fsp3) is 0.375. The van der Waals surface area contributed by atoms with E-state index in [2.05, 4.69) is 4.90 Å². The smallest absolute Gasteiger partial charge is 0.338 e. The van der Waals surface area contributed by atoms with Gasteiger partial charge < -0.3 is 20.4 Å². The summed E-state index contributed by atoms with van der Waals surface area (Å²) in [6, 6.07) is 29.3. The van der Waals surface area contributed by atoms with Gasteiger partial charge in [0.2, 0.25) is 6.10 Å². The first-order valence-electron chi connectivity index (χ1n) is 13.7. The number of carbonyl (C=O) groups is 2. The molecule has 0 fully saturated rings. The van der Waals surface area contributed by atoms with Gasteiger partial charge in [-0.3, -0.25) is 9.74 Å². The fourth-order valence-corrected chi connectivity index (χ4v) is 4.72. The first-order chi connectivity index (χ1) is 19.6. The summed E-state index contributed by atoms with van der Waals surface area (Å²) in [6.45, 7) is 4.99. The minimum atomic E-state index is -2.27. The molecule has 9 nitrogen and oxygen atoms in total. The average molecular weight is 565 g/mol. The van der Waals surface area contributed by atoms with Crippen molar-refractivity contribution >= 4 is 11.9 Å². The highest BCUT2D eigenvalue weighted by atomic mass is 16.7. The van der Waals surface area contributed by atoms with Crippen molar-refractivity contribution in [2.24, 2.45) is 5.92 Å². The number of rotatable bonds is 17. The van der Waals surface area contributed by atoms with Gasteiger partial charge in [-0.1, -0.05) is 105 Å². The SMILES string of the molecule is CC(C)CN(CC(O)[C@@H](Cc1ccccc1)N(Cc1ccccc1)Cc1ccccc1)OC(C(=O)O)C(O)C(=O)O. The number of aliphatic hydroxyl groups excluding tert-OH is 2. The molecule has 0 spiro atoms. The van der Waals surface area contributed by atoms with Crippen molar-refractivity contribution in [2.75, 3.05) is 13.1 Å². The van der Waals surface area contributed by atoms with E-state index < -0.39 is 36.3 Å². The van der Waals surface area contributed by atoms with Crippen LogP contribution in [-0.2, 0) is 33.9 Å². The molecule has 0 saturated carbocycles. The number of hydrogen-bond donors (Lipinski definition) is 4. The Labute approximate surface area is 241 Å². The normalized spacial score (nSPS) is 14.6. The largest absolute Gasteiger partial charge is 0.479 e. The van der Waals surface area contributed by atoms with Crippen LogP contribution in [0, 0.1) is 5.92 Å². The van der Waals surface area contributed by atoms with Crippen molar-refractivity contribution in [3.05, 3.63) is 108 Å². The fourth-order valence-electron chi connectivity index (χ4n) is 4.72. The zero-order chi connectivity index (χ0) is 29.8. The molecule has 0 aliphatic carbocycles. The Hall–Kier alpha value is -3.60. The summed E-state index contributed by atoms with van der Waals surface area (Å²) in [6.07, 6.45) is -4.84. The Bertz CT molecular complexity index is 1150. The second kappa shape index (κ2) is 16.0. The highest BCUT2D eigenvalue weighted by molar-refractivity contribution is 5.83. The van der Waals surface area contributed by atoms with Crippen LogP contribution in [0.1, 0.15) is 30.5 Å². The lowest BCUT2D eigenvalue weighted by atomic mass is 9.97. The van der Waals surface area contributed by atoms with Crippen LogP contribution in [0.4, 0.5) is 0 Å². The molecule has 0 heterocycles. The molecule has 3 aromatic carbocycles. The van der Waals surface area contributed by atoms with Crippen LogP contribution in [0.5, 0.6) is 0 Å². The van der Waals surface area contributed by atoms with Crippen LogP contribution in [0.3, 0.4) is 0 Å². The van der Waals surface area contributed by atoms with Gasteiger partial charge in [0.15, 0.2) is 6.10 Å².